The average Bonchev–Trinajstić information content (AvgIpc) is 3.26. The van der Waals surface area contributed by atoms with E-state index < -0.39 is 10.0 Å². The molecule has 0 saturated carbocycles. The second-order valence-corrected chi connectivity index (χ2v) is 9.46. The van der Waals surface area contributed by atoms with E-state index in [9.17, 15) is 13.2 Å². The van der Waals surface area contributed by atoms with Gasteiger partial charge in [-0.05, 0) is 48.6 Å². The molecule has 30 heavy (non-hydrogen) atoms. The SMILES string of the molecule is CC(C)CNC(=O)c1cc(NS(=O)(=O)/C=C/c2ccccc2)ccc1N1CCCC1. The Balaban J connectivity index is 1.83. The molecule has 1 amide bonds. The Morgan fingerprint density at radius 1 is 1.10 bits per heavy atom. The number of benzene rings is 2. The van der Waals surface area contributed by atoms with Crippen LogP contribution >= 0.6 is 0 Å². The molecule has 0 radical (unpaired) electrons. The second-order valence-electron chi connectivity index (χ2n) is 7.89. The molecule has 0 atom stereocenters. The van der Waals surface area contributed by atoms with Gasteiger partial charge < -0.3 is 10.2 Å². The van der Waals surface area contributed by atoms with Crippen molar-refractivity contribution in [3.05, 3.63) is 65.1 Å². The van der Waals surface area contributed by atoms with Crippen LogP contribution in [0.1, 0.15) is 42.6 Å². The van der Waals surface area contributed by atoms with Gasteiger partial charge in [0.1, 0.15) is 0 Å². The number of amides is 1. The van der Waals surface area contributed by atoms with Crippen LogP contribution in [0, 0.1) is 5.92 Å². The van der Waals surface area contributed by atoms with Crippen molar-refractivity contribution >= 4 is 33.4 Å². The summed E-state index contributed by atoms with van der Waals surface area (Å²) in [5.74, 6) is 0.139. The summed E-state index contributed by atoms with van der Waals surface area (Å²) in [7, 11) is -3.71. The highest BCUT2D eigenvalue weighted by molar-refractivity contribution is 7.95. The number of sulfonamides is 1. The fourth-order valence-corrected chi connectivity index (χ4v) is 4.20. The summed E-state index contributed by atoms with van der Waals surface area (Å²) in [6.45, 7) is 6.43. The quantitative estimate of drug-likeness (QED) is 0.665. The molecule has 6 nitrogen and oxygen atoms in total. The van der Waals surface area contributed by atoms with E-state index in [1.54, 1.807) is 12.1 Å². The van der Waals surface area contributed by atoms with Gasteiger partial charge in [0.05, 0.1) is 11.0 Å². The zero-order valence-corrected chi connectivity index (χ0v) is 18.3. The Morgan fingerprint density at radius 2 is 1.80 bits per heavy atom. The summed E-state index contributed by atoms with van der Waals surface area (Å²) in [5.41, 5.74) is 2.49. The molecule has 7 heteroatoms. The third-order valence-electron chi connectivity index (χ3n) is 4.86. The smallest absolute Gasteiger partial charge is 0.255 e. The summed E-state index contributed by atoms with van der Waals surface area (Å²) in [6.07, 6.45) is 3.72. The second kappa shape index (κ2) is 9.80. The number of hydrogen-bond acceptors (Lipinski definition) is 4. The van der Waals surface area contributed by atoms with Crippen molar-refractivity contribution in [3.8, 4) is 0 Å². The lowest BCUT2D eigenvalue weighted by Crippen LogP contribution is -2.30. The number of carbonyl (C=O) groups is 1. The molecule has 1 heterocycles. The fraction of sp³-hybridized carbons (Fsp3) is 0.348. The van der Waals surface area contributed by atoms with Gasteiger partial charge >= 0.3 is 0 Å². The van der Waals surface area contributed by atoms with E-state index in [0.717, 1.165) is 42.6 Å². The fourth-order valence-electron chi connectivity index (χ4n) is 3.34. The lowest BCUT2D eigenvalue weighted by atomic mass is 10.1. The van der Waals surface area contributed by atoms with E-state index in [0.29, 0.717) is 23.7 Å². The van der Waals surface area contributed by atoms with Crippen molar-refractivity contribution in [3.63, 3.8) is 0 Å². The van der Waals surface area contributed by atoms with Gasteiger partial charge in [-0.2, -0.15) is 0 Å². The first-order valence-electron chi connectivity index (χ1n) is 10.3. The van der Waals surface area contributed by atoms with E-state index in [1.165, 1.54) is 6.08 Å². The number of nitrogens with zero attached hydrogens (tertiary/aromatic N) is 1. The monoisotopic (exact) mass is 427 g/mol. The maximum Gasteiger partial charge on any atom is 0.255 e. The van der Waals surface area contributed by atoms with Crippen LogP contribution in [-0.4, -0.2) is 34.0 Å². The van der Waals surface area contributed by atoms with Crippen LogP contribution in [-0.2, 0) is 10.0 Å². The maximum atomic E-state index is 12.8. The van der Waals surface area contributed by atoms with Crippen molar-refractivity contribution in [2.45, 2.75) is 26.7 Å². The van der Waals surface area contributed by atoms with Gasteiger partial charge in [0, 0.05) is 31.0 Å². The van der Waals surface area contributed by atoms with Crippen molar-refractivity contribution in [1.29, 1.82) is 0 Å². The van der Waals surface area contributed by atoms with Crippen molar-refractivity contribution in [2.24, 2.45) is 5.92 Å². The van der Waals surface area contributed by atoms with Gasteiger partial charge in [0.15, 0.2) is 0 Å². The Hall–Kier alpha value is -2.80. The van der Waals surface area contributed by atoms with Crippen LogP contribution in [0.4, 0.5) is 11.4 Å². The molecular formula is C23H29N3O3S. The van der Waals surface area contributed by atoms with Gasteiger partial charge in [-0.15, -0.1) is 0 Å². The predicted molar refractivity (Wildman–Crippen MR) is 123 cm³/mol. The van der Waals surface area contributed by atoms with Crippen LogP contribution in [0.3, 0.4) is 0 Å². The maximum absolute atomic E-state index is 12.8. The number of nitrogens with one attached hydrogen (secondary N) is 2. The van der Waals surface area contributed by atoms with E-state index in [1.807, 2.05) is 50.2 Å². The topological polar surface area (TPSA) is 78.5 Å². The molecule has 3 rings (SSSR count). The molecule has 2 N–H and O–H groups in total. The van der Waals surface area contributed by atoms with E-state index in [-0.39, 0.29) is 5.91 Å². The number of anilines is 2. The van der Waals surface area contributed by atoms with Crippen molar-refractivity contribution in [2.75, 3.05) is 29.3 Å². The molecule has 1 aliphatic heterocycles. The van der Waals surface area contributed by atoms with E-state index >= 15 is 0 Å². The van der Waals surface area contributed by atoms with Crippen LogP contribution in [0.25, 0.3) is 6.08 Å². The molecule has 2 aromatic rings. The van der Waals surface area contributed by atoms with Crippen LogP contribution in [0.2, 0.25) is 0 Å². The van der Waals surface area contributed by atoms with Gasteiger partial charge in [-0.1, -0.05) is 44.2 Å². The van der Waals surface area contributed by atoms with Crippen LogP contribution in [0.5, 0.6) is 0 Å². The van der Waals surface area contributed by atoms with Gasteiger partial charge in [0.2, 0.25) is 0 Å². The molecule has 160 valence electrons. The standard InChI is InChI=1S/C23H29N3O3S/c1-18(2)17-24-23(27)21-16-20(10-11-22(21)26-13-6-7-14-26)25-30(28,29)15-12-19-8-4-3-5-9-19/h3-5,8-12,15-16,18,25H,6-7,13-14,17H2,1-2H3,(H,24,27)/b15-12+. The highest BCUT2D eigenvalue weighted by atomic mass is 32.2. The van der Waals surface area contributed by atoms with Gasteiger partial charge in [-0.3, -0.25) is 9.52 Å². The third kappa shape index (κ3) is 6.10. The van der Waals surface area contributed by atoms with Crippen LogP contribution in [0.15, 0.2) is 53.9 Å². The molecule has 2 aromatic carbocycles. The van der Waals surface area contributed by atoms with Crippen molar-refractivity contribution in [1.82, 2.24) is 5.32 Å². The zero-order chi connectivity index (χ0) is 21.6. The molecule has 1 saturated heterocycles. The Kier molecular flexibility index (Phi) is 7.15. The normalized spacial score (nSPS) is 14.4. The summed E-state index contributed by atoms with van der Waals surface area (Å²) < 4.78 is 27.6. The Bertz CT molecular complexity index is 996. The summed E-state index contributed by atoms with van der Waals surface area (Å²) in [5, 5.41) is 4.08. The number of hydrogen-bond donors (Lipinski definition) is 2. The molecular weight excluding hydrogens is 398 g/mol. The first-order valence-corrected chi connectivity index (χ1v) is 11.8. The molecule has 0 aromatic heterocycles. The first kappa shape index (κ1) is 21.9. The van der Waals surface area contributed by atoms with E-state index in [4.69, 9.17) is 0 Å². The summed E-state index contributed by atoms with van der Waals surface area (Å²) in [4.78, 5) is 15.0. The highest BCUT2D eigenvalue weighted by Crippen LogP contribution is 2.28. The average molecular weight is 428 g/mol. The molecule has 1 aliphatic rings. The largest absolute Gasteiger partial charge is 0.371 e. The minimum Gasteiger partial charge on any atom is -0.371 e. The van der Waals surface area contributed by atoms with Crippen LogP contribution < -0.4 is 14.9 Å². The van der Waals surface area contributed by atoms with E-state index in [2.05, 4.69) is 14.9 Å². The Morgan fingerprint density at radius 3 is 2.47 bits per heavy atom. The Labute approximate surface area is 179 Å². The van der Waals surface area contributed by atoms with Gasteiger partial charge in [0.25, 0.3) is 15.9 Å². The molecule has 1 fully saturated rings. The number of rotatable bonds is 8. The minimum atomic E-state index is -3.71. The predicted octanol–water partition coefficient (Wildman–Crippen LogP) is 4.09. The van der Waals surface area contributed by atoms with Crippen molar-refractivity contribution < 1.29 is 13.2 Å². The molecule has 0 bridgehead atoms. The van der Waals surface area contributed by atoms with Gasteiger partial charge in [-0.25, -0.2) is 8.42 Å². The lowest BCUT2D eigenvalue weighted by molar-refractivity contribution is 0.0949. The highest BCUT2D eigenvalue weighted by Gasteiger charge is 2.21. The molecule has 0 unspecified atom stereocenters. The molecule has 0 aliphatic carbocycles. The zero-order valence-electron chi connectivity index (χ0n) is 17.5. The summed E-state index contributed by atoms with van der Waals surface area (Å²) >= 11 is 0. The first-order chi connectivity index (χ1) is 14.3. The lowest BCUT2D eigenvalue weighted by Gasteiger charge is -2.22. The molecule has 0 spiro atoms. The summed E-state index contributed by atoms with van der Waals surface area (Å²) in [6, 6.07) is 14.4. The minimum absolute atomic E-state index is 0.188. The third-order valence-corrected chi connectivity index (χ3v) is 5.87. The number of carbonyl (C=O) groups excluding carboxylic acids is 1.